The summed E-state index contributed by atoms with van der Waals surface area (Å²) in [5, 5.41) is 14.9. The fourth-order valence-electron chi connectivity index (χ4n) is 2.68. The lowest BCUT2D eigenvalue weighted by atomic mass is 10.1. The van der Waals surface area contributed by atoms with E-state index in [-0.39, 0.29) is 11.4 Å². The normalized spacial score (nSPS) is 17.2. The zero-order chi connectivity index (χ0) is 20.5. The summed E-state index contributed by atoms with van der Waals surface area (Å²) in [7, 11) is 0. The predicted molar refractivity (Wildman–Crippen MR) is 116 cm³/mol. The third-order valence-electron chi connectivity index (χ3n) is 4.03. The lowest BCUT2D eigenvalue weighted by Crippen LogP contribution is -2.35. The number of benzene rings is 2. The molecule has 0 saturated carbocycles. The van der Waals surface area contributed by atoms with Crippen molar-refractivity contribution in [3.8, 4) is 5.75 Å². The molecule has 1 N–H and O–H groups in total. The first-order valence-corrected chi connectivity index (χ1v) is 10.1. The van der Waals surface area contributed by atoms with Gasteiger partial charge in [0.15, 0.2) is 5.84 Å². The smallest absolute Gasteiger partial charge is 0.343 e. The Balaban J connectivity index is 1.58. The summed E-state index contributed by atoms with van der Waals surface area (Å²) in [4.78, 5) is 28.6. The van der Waals surface area contributed by atoms with Crippen molar-refractivity contribution in [1.82, 2.24) is 5.01 Å². The van der Waals surface area contributed by atoms with Gasteiger partial charge in [-0.25, -0.2) is 4.79 Å². The number of carbonyl (C=O) groups is 2. The molecule has 0 aliphatic carbocycles. The van der Waals surface area contributed by atoms with E-state index in [1.807, 2.05) is 6.07 Å². The standard InChI is InChI=1S/C20H13BrN4O3S/c1-11-24-25-17(22)14(18(26)23-20(25)29-11)9-12-7-8-16(15(21)10-12)28-19(27)13-5-3-2-4-6-13/h2-10,22H,1H3/b14-9-,22-17?. The Morgan fingerprint density at radius 3 is 2.72 bits per heavy atom. The summed E-state index contributed by atoms with van der Waals surface area (Å²) >= 11 is 4.64. The molecule has 0 radical (unpaired) electrons. The number of carbonyl (C=O) groups excluding carboxylic acids is 2. The maximum Gasteiger partial charge on any atom is 0.343 e. The summed E-state index contributed by atoms with van der Waals surface area (Å²) < 4.78 is 5.96. The van der Waals surface area contributed by atoms with Crippen LogP contribution in [0.1, 0.15) is 22.8 Å². The van der Waals surface area contributed by atoms with E-state index in [0.29, 0.717) is 26.5 Å². The van der Waals surface area contributed by atoms with Crippen LogP contribution in [0.3, 0.4) is 0 Å². The first-order chi connectivity index (χ1) is 13.9. The highest BCUT2D eigenvalue weighted by Crippen LogP contribution is 2.30. The highest BCUT2D eigenvalue weighted by molar-refractivity contribution is 9.10. The number of fused-ring (bicyclic) bond motifs is 1. The van der Waals surface area contributed by atoms with E-state index in [2.05, 4.69) is 26.0 Å². The number of amides is 1. The number of aliphatic imine (C=N–C) groups is 1. The Bertz CT molecular complexity index is 1140. The topological polar surface area (TPSA) is 95.2 Å². The number of hydrazone groups is 1. The summed E-state index contributed by atoms with van der Waals surface area (Å²) in [6, 6.07) is 13.7. The number of nitrogens with one attached hydrogen (secondary N) is 1. The van der Waals surface area contributed by atoms with Gasteiger partial charge in [-0.05, 0) is 70.5 Å². The summed E-state index contributed by atoms with van der Waals surface area (Å²) in [5.41, 5.74) is 1.23. The van der Waals surface area contributed by atoms with E-state index < -0.39 is 11.9 Å². The molecule has 0 fully saturated rings. The zero-order valence-electron chi connectivity index (χ0n) is 15.0. The minimum atomic E-state index is -0.491. The molecule has 2 aromatic rings. The average Bonchev–Trinajstić information content (AvgIpc) is 3.08. The molecule has 4 rings (SSSR count). The van der Waals surface area contributed by atoms with Crippen LogP contribution in [0.2, 0.25) is 0 Å². The number of ether oxygens (including phenoxy) is 1. The van der Waals surface area contributed by atoms with E-state index in [1.165, 1.54) is 16.8 Å². The van der Waals surface area contributed by atoms with Gasteiger partial charge in [-0.15, -0.1) is 0 Å². The van der Waals surface area contributed by atoms with Crippen LogP contribution < -0.4 is 4.74 Å². The van der Waals surface area contributed by atoms with Gasteiger partial charge in [0.25, 0.3) is 5.91 Å². The highest BCUT2D eigenvalue weighted by atomic mass is 79.9. The lowest BCUT2D eigenvalue weighted by Gasteiger charge is -2.20. The monoisotopic (exact) mass is 468 g/mol. The maximum atomic E-state index is 12.3. The number of rotatable bonds is 3. The minimum Gasteiger partial charge on any atom is -0.422 e. The van der Waals surface area contributed by atoms with Crippen LogP contribution in [-0.4, -0.2) is 32.9 Å². The van der Waals surface area contributed by atoms with E-state index >= 15 is 0 Å². The third kappa shape index (κ3) is 3.92. The second kappa shape index (κ2) is 7.76. The molecule has 144 valence electrons. The number of halogens is 1. The highest BCUT2D eigenvalue weighted by Gasteiger charge is 2.34. The Kier molecular flexibility index (Phi) is 5.16. The van der Waals surface area contributed by atoms with Crippen molar-refractivity contribution in [2.45, 2.75) is 6.92 Å². The molecule has 2 aromatic carbocycles. The molecule has 29 heavy (non-hydrogen) atoms. The molecule has 0 bridgehead atoms. The molecule has 0 atom stereocenters. The summed E-state index contributed by atoms with van der Waals surface area (Å²) in [6.07, 6.45) is 1.56. The molecule has 2 aliphatic heterocycles. The number of nitrogens with zero attached hydrogens (tertiary/aromatic N) is 3. The van der Waals surface area contributed by atoms with Crippen LogP contribution in [0.25, 0.3) is 6.08 Å². The van der Waals surface area contributed by atoms with Crippen LogP contribution in [0.4, 0.5) is 0 Å². The van der Waals surface area contributed by atoms with Gasteiger partial charge in [0.05, 0.1) is 20.7 Å². The van der Waals surface area contributed by atoms with E-state index in [1.54, 1.807) is 55.5 Å². The van der Waals surface area contributed by atoms with Crippen molar-refractivity contribution in [3.63, 3.8) is 0 Å². The van der Waals surface area contributed by atoms with Gasteiger partial charge >= 0.3 is 5.97 Å². The lowest BCUT2D eigenvalue weighted by molar-refractivity contribution is -0.114. The van der Waals surface area contributed by atoms with Crippen LogP contribution in [0.15, 0.2) is 68.7 Å². The number of esters is 1. The Hall–Kier alpha value is -3.04. The molecule has 9 heteroatoms. The van der Waals surface area contributed by atoms with Crippen molar-refractivity contribution in [1.29, 1.82) is 5.41 Å². The Morgan fingerprint density at radius 2 is 2.00 bits per heavy atom. The molecule has 0 unspecified atom stereocenters. The summed E-state index contributed by atoms with van der Waals surface area (Å²) in [5.74, 6) is -0.639. The molecular weight excluding hydrogens is 456 g/mol. The van der Waals surface area contributed by atoms with Gasteiger partial charge in [0, 0.05) is 0 Å². The Labute approximate surface area is 178 Å². The first kappa shape index (κ1) is 19.3. The largest absolute Gasteiger partial charge is 0.422 e. The van der Waals surface area contributed by atoms with E-state index in [0.717, 1.165) is 5.04 Å². The molecule has 2 heterocycles. The first-order valence-electron chi connectivity index (χ1n) is 8.46. The van der Waals surface area contributed by atoms with Gasteiger partial charge in [0.2, 0.25) is 5.17 Å². The quantitative estimate of drug-likeness (QED) is 0.411. The zero-order valence-corrected chi connectivity index (χ0v) is 17.5. The summed E-state index contributed by atoms with van der Waals surface area (Å²) in [6.45, 7) is 1.79. The molecular formula is C20H13BrN4O3S. The van der Waals surface area contributed by atoms with Crippen LogP contribution in [-0.2, 0) is 4.79 Å². The third-order valence-corrected chi connectivity index (χ3v) is 5.48. The van der Waals surface area contributed by atoms with Crippen LogP contribution >= 0.6 is 27.7 Å². The molecule has 1 amide bonds. The van der Waals surface area contributed by atoms with Crippen molar-refractivity contribution in [2.75, 3.05) is 0 Å². The fourth-order valence-corrected chi connectivity index (χ4v) is 3.89. The SMILES string of the molecule is CC1=NN2C(=N)/C(=C/c3ccc(OC(=O)c4ccccc4)c(Br)c3)C(=O)N=C2S1. The van der Waals surface area contributed by atoms with Crippen molar-refractivity contribution in [2.24, 2.45) is 10.1 Å². The average molecular weight is 469 g/mol. The number of thioether (sulfide) groups is 1. The van der Waals surface area contributed by atoms with E-state index in [4.69, 9.17) is 10.1 Å². The van der Waals surface area contributed by atoms with Crippen LogP contribution in [0.5, 0.6) is 5.75 Å². The van der Waals surface area contributed by atoms with Gasteiger partial charge in [-0.3, -0.25) is 10.2 Å². The number of hydrogen-bond donors (Lipinski definition) is 1. The van der Waals surface area contributed by atoms with Gasteiger partial charge in [-0.2, -0.15) is 15.1 Å². The van der Waals surface area contributed by atoms with Crippen molar-refractivity contribution < 1.29 is 14.3 Å². The van der Waals surface area contributed by atoms with Gasteiger partial charge in [0.1, 0.15) is 5.75 Å². The van der Waals surface area contributed by atoms with Gasteiger partial charge in [-0.1, -0.05) is 24.3 Å². The Morgan fingerprint density at radius 1 is 1.24 bits per heavy atom. The minimum absolute atomic E-state index is 0.0277. The molecule has 0 aromatic heterocycles. The molecule has 0 saturated heterocycles. The maximum absolute atomic E-state index is 12.3. The second-order valence-corrected chi connectivity index (χ2v) is 8.10. The van der Waals surface area contributed by atoms with E-state index in [9.17, 15) is 9.59 Å². The van der Waals surface area contributed by atoms with Crippen molar-refractivity contribution in [3.05, 3.63) is 69.7 Å². The molecule has 0 spiro atoms. The molecule has 2 aliphatic rings. The predicted octanol–water partition coefficient (Wildman–Crippen LogP) is 4.31. The second-order valence-electron chi connectivity index (χ2n) is 6.08. The number of hydrogen-bond acceptors (Lipinski definition) is 6. The molecule has 7 nitrogen and oxygen atoms in total. The number of amidine groups is 2. The fraction of sp³-hybridized carbons (Fsp3) is 0.0500. The van der Waals surface area contributed by atoms with Crippen molar-refractivity contribution >= 4 is 61.7 Å². The van der Waals surface area contributed by atoms with Crippen LogP contribution in [0, 0.1) is 5.41 Å². The van der Waals surface area contributed by atoms with Gasteiger partial charge < -0.3 is 4.74 Å².